The highest BCUT2D eigenvalue weighted by Crippen LogP contribution is 2.53. The molecule has 1 unspecified atom stereocenters. The quantitative estimate of drug-likeness (QED) is 0.864. The van der Waals surface area contributed by atoms with Crippen molar-refractivity contribution in [1.82, 2.24) is 9.78 Å². The summed E-state index contributed by atoms with van der Waals surface area (Å²) in [4.78, 5) is 0. The number of nitrogens with one attached hydrogen (secondary N) is 1. The number of nitrogens with zero attached hydrogens (tertiary/aromatic N) is 3. The summed E-state index contributed by atoms with van der Waals surface area (Å²) in [5.74, 6) is 1.74. The van der Waals surface area contributed by atoms with Gasteiger partial charge in [-0.2, -0.15) is 10.4 Å². The number of anilines is 1. The zero-order chi connectivity index (χ0) is 17.8. The molecule has 1 N–H and O–H groups in total. The first-order valence-corrected chi connectivity index (χ1v) is 9.77. The minimum Gasteiger partial charge on any atom is -0.369 e. The van der Waals surface area contributed by atoms with Crippen molar-refractivity contribution in [2.45, 2.75) is 49.5 Å². The van der Waals surface area contributed by atoms with Crippen LogP contribution in [0.15, 0.2) is 18.2 Å². The molecule has 1 aliphatic heterocycles. The molecule has 0 bridgehead atoms. The van der Waals surface area contributed by atoms with Crippen LogP contribution in [0.4, 0.5) is 5.82 Å². The van der Waals surface area contributed by atoms with Gasteiger partial charge in [-0.05, 0) is 56.9 Å². The van der Waals surface area contributed by atoms with E-state index in [1.165, 1.54) is 35.2 Å². The van der Waals surface area contributed by atoms with Gasteiger partial charge in [0.25, 0.3) is 0 Å². The second-order valence-corrected chi connectivity index (χ2v) is 9.65. The van der Waals surface area contributed by atoms with Crippen LogP contribution >= 0.6 is 11.8 Å². The topological polar surface area (TPSA) is 53.6 Å². The van der Waals surface area contributed by atoms with Crippen molar-refractivity contribution in [3.63, 3.8) is 0 Å². The van der Waals surface area contributed by atoms with E-state index in [4.69, 9.17) is 5.10 Å². The van der Waals surface area contributed by atoms with Crippen LogP contribution in [0.3, 0.4) is 0 Å². The van der Waals surface area contributed by atoms with Crippen molar-refractivity contribution in [3.05, 3.63) is 46.1 Å². The zero-order valence-electron chi connectivity index (χ0n) is 15.3. The molecular formula is C20H24N4S. The van der Waals surface area contributed by atoms with Gasteiger partial charge in [0.1, 0.15) is 5.82 Å². The van der Waals surface area contributed by atoms with E-state index >= 15 is 0 Å². The first kappa shape index (κ1) is 16.5. The molecule has 130 valence electrons. The number of fused-ring (bicyclic) bond motifs is 1. The van der Waals surface area contributed by atoms with Gasteiger partial charge in [0.15, 0.2) is 0 Å². The Balaban J connectivity index is 1.93. The van der Waals surface area contributed by atoms with Gasteiger partial charge in [-0.3, -0.25) is 4.68 Å². The molecule has 25 heavy (non-hydrogen) atoms. The van der Waals surface area contributed by atoms with Crippen LogP contribution in [0.1, 0.15) is 65.8 Å². The van der Waals surface area contributed by atoms with Gasteiger partial charge < -0.3 is 5.32 Å². The Morgan fingerprint density at radius 2 is 2.12 bits per heavy atom. The molecule has 1 saturated carbocycles. The summed E-state index contributed by atoms with van der Waals surface area (Å²) in [5.41, 5.74) is 5.80. The lowest BCUT2D eigenvalue weighted by molar-refractivity contribution is 0.715. The molecule has 4 nitrogen and oxygen atoms in total. The second-order valence-electron chi connectivity index (χ2n) is 7.84. The standard InChI is InChI=1S/C20H24N4S/c1-12-5-6-13(10-21)9-15(12)18-16-17(14-7-8-14)23-24(4)19(16)22-11-20(2,3)25-18/h5-6,9,14,18,22H,7-8,11H2,1-4H3. The van der Waals surface area contributed by atoms with Gasteiger partial charge in [0.2, 0.25) is 0 Å². The maximum atomic E-state index is 9.38. The molecule has 4 rings (SSSR count). The summed E-state index contributed by atoms with van der Waals surface area (Å²) in [6.07, 6.45) is 2.48. The molecule has 0 saturated heterocycles. The number of hydrogen-bond donors (Lipinski definition) is 1. The Labute approximate surface area is 153 Å². The van der Waals surface area contributed by atoms with E-state index in [9.17, 15) is 5.26 Å². The van der Waals surface area contributed by atoms with Crippen LogP contribution in [0.5, 0.6) is 0 Å². The number of rotatable bonds is 2. The fourth-order valence-corrected chi connectivity index (χ4v) is 5.14. The van der Waals surface area contributed by atoms with Crippen LogP contribution in [0.25, 0.3) is 0 Å². The van der Waals surface area contributed by atoms with Gasteiger partial charge in [-0.15, -0.1) is 11.8 Å². The van der Waals surface area contributed by atoms with Gasteiger partial charge in [-0.25, -0.2) is 0 Å². The molecule has 5 heteroatoms. The average molecular weight is 353 g/mol. The van der Waals surface area contributed by atoms with Crippen LogP contribution in [0, 0.1) is 18.3 Å². The van der Waals surface area contributed by atoms with E-state index in [0.29, 0.717) is 5.92 Å². The van der Waals surface area contributed by atoms with E-state index in [0.717, 1.165) is 17.9 Å². The number of aromatic nitrogens is 2. The molecule has 1 atom stereocenters. The van der Waals surface area contributed by atoms with Crippen LogP contribution in [-0.4, -0.2) is 21.1 Å². The minimum atomic E-state index is 0.0968. The molecule has 2 heterocycles. The summed E-state index contributed by atoms with van der Waals surface area (Å²) < 4.78 is 2.11. The van der Waals surface area contributed by atoms with E-state index in [2.05, 4.69) is 44.3 Å². The lowest BCUT2D eigenvalue weighted by Crippen LogP contribution is -2.26. The fourth-order valence-electron chi connectivity index (χ4n) is 3.62. The van der Waals surface area contributed by atoms with Crippen LogP contribution < -0.4 is 5.32 Å². The molecule has 2 aromatic rings. The van der Waals surface area contributed by atoms with Crippen molar-refractivity contribution in [2.75, 3.05) is 11.9 Å². The highest BCUT2D eigenvalue weighted by molar-refractivity contribution is 8.01. The molecule has 1 aromatic heterocycles. The molecule has 1 aliphatic carbocycles. The lowest BCUT2D eigenvalue weighted by atomic mass is 9.96. The number of thioether (sulfide) groups is 1. The van der Waals surface area contributed by atoms with Crippen molar-refractivity contribution < 1.29 is 0 Å². The van der Waals surface area contributed by atoms with Gasteiger partial charge >= 0.3 is 0 Å². The normalized spacial score (nSPS) is 21.8. The minimum absolute atomic E-state index is 0.0968. The van der Waals surface area contributed by atoms with Crippen molar-refractivity contribution in [1.29, 1.82) is 5.26 Å². The third-order valence-corrected chi connectivity index (χ3v) is 6.66. The van der Waals surface area contributed by atoms with E-state index < -0.39 is 0 Å². The Kier molecular flexibility index (Phi) is 3.84. The third kappa shape index (κ3) is 2.93. The number of aryl methyl sites for hydroxylation is 2. The lowest BCUT2D eigenvalue weighted by Gasteiger charge is -2.27. The SMILES string of the molecule is Cc1ccc(C#N)cc1C1SC(C)(C)CNc2c1c(C1CC1)nn2C. The maximum Gasteiger partial charge on any atom is 0.128 e. The smallest absolute Gasteiger partial charge is 0.128 e. The van der Waals surface area contributed by atoms with Crippen LogP contribution in [0.2, 0.25) is 0 Å². The highest BCUT2D eigenvalue weighted by atomic mass is 32.2. The van der Waals surface area contributed by atoms with Gasteiger partial charge in [0.05, 0.1) is 22.6 Å². The zero-order valence-corrected chi connectivity index (χ0v) is 16.1. The summed E-state index contributed by atoms with van der Waals surface area (Å²) in [6.45, 7) is 7.63. The first-order valence-electron chi connectivity index (χ1n) is 8.89. The summed E-state index contributed by atoms with van der Waals surface area (Å²) in [7, 11) is 2.04. The summed E-state index contributed by atoms with van der Waals surface area (Å²) in [6, 6.07) is 8.36. The Hall–Kier alpha value is -1.93. The van der Waals surface area contributed by atoms with E-state index in [-0.39, 0.29) is 10.00 Å². The fraction of sp³-hybridized carbons (Fsp3) is 0.500. The molecule has 2 aliphatic rings. The largest absolute Gasteiger partial charge is 0.369 e. The summed E-state index contributed by atoms with van der Waals surface area (Å²) >= 11 is 1.99. The Morgan fingerprint density at radius 1 is 1.36 bits per heavy atom. The molecular weight excluding hydrogens is 328 g/mol. The predicted octanol–water partition coefficient (Wildman–Crippen LogP) is 4.50. The average Bonchev–Trinajstić information content (AvgIpc) is 3.37. The molecule has 1 fully saturated rings. The summed E-state index contributed by atoms with van der Waals surface area (Å²) in [5, 5.41) is 18.1. The van der Waals surface area contributed by atoms with Crippen molar-refractivity contribution in [2.24, 2.45) is 7.05 Å². The molecule has 0 radical (unpaired) electrons. The second kappa shape index (κ2) is 5.81. The Bertz CT molecular complexity index is 871. The molecule has 0 amide bonds. The predicted molar refractivity (Wildman–Crippen MR) is 103 cm³/mol. The maximum absolute atomic E-state index is 9.38. The molecule has 0 spiro atoms. The van der Waals surface area contributed by atoms with Crippen molar-refractivity contribution >= 4 is 17.6 Å². The van der Waals surface area contributed by atoms with E-state index in [1.807, 2.05) is 29.6 Å². The monoisotopic (exact) mass is 352 g/mol. The first-order chi connectivity index (χ1) is 11.9. The van der Waals surface area contributed by atoms with Gasteiger partial charge in [0, 0.05) is 29.8 Å². The third-order valence-electron chi connectivity index (χ3n) is 5.15. The highest BCUT2D eigenvalue weighted by Gasteiger charge is 2.40. The number of benzene rings is 1. The Morgan fingerprint density at radius 3 is 2.80 bits per heavy atom. The molecule has 1 aromatic carbocycles. The van der Waals surface area contributed by atoms with E-state index in [1.54, 1.807) is 0 Å². The van der Waals surface area contributed by atoms with Gasteiger partial charge in [-0.1, -0.05) is 6.07 Å². The number of nitriles is 1. The van der Waals surface area contributed by atoms with Crippen LogP contribution in [-0.2, 0) is 7.05 Å². The number of hydrogen-bond acceptors (Lipinski definition) is 4. The van der Waals surface area contributed by atoms with Crippen molar-refractivity contribution in [3.8, 4) is 6.07 Å².